The van der Waals surface area contributed by atoms with Gasteiger partial charge in [-0.2, -0.15) is 0 Å². The van der Waals surface area contributed by atoms with Crippen LogP contribution in [0.5, 0.6) is 11.5 Å². The lowest BCUT2D eigenvalue weighted by atomic mass is 9.79. The number of halogens is 5. The predicted molar refractivity (Wildman–Crippen MR) is 151 cm³/mol. The number of sulfone groups is 1. The molecule has 3 aromatic rings. The molecule has 4 atom stereocenters. The van der Waals surface area contributed by atoms with E-state index < -0.39 is 27.0 Å². The van der Waals surface area contributed by atoms with Gasteiger partial charge in [-0.3, -0.25) is 0 Å². The Morgan fingerprint density at radius 1 is 0.975 bits per heavy atom. The molecule has 0 radical (unpaired) electrons. The molecule has 5 rings (SSSR count). The Hall–Kier alpha value is -2.50. The summed E-state index contributed by atoms with van der Waals surface area (Å²) in [6.45, 7) is 0.208. The van der Waals surface area contributed by atoms with Gasteiger partial charge in [0.2, 0.25) is 0 Å². The van der Waals surface area contributed by atoms with Crippen LogP contribution in [0.25, 0.3) is 0 Å². The van der Waals surface area contributed by atoms with Gasteiger partial charge in [0.1, 0.15) is 11.5 Å². The van der Waals surface area contributed by atoms with Crippen molar-refractivity contribution in [2.45, 2.75) is 59.9 Å². The molecule has 3 aromatic carbocycles. The first kappa shape index (κ1) is 32.0. The fourth-order valence-electron chi connectivity index (χ4n) is 5.88. The summed E-state index contributed by atoms with van der Waals surface area (Å²) in [6.07, 6.45) is -3.11. The van der Waals surface area contributed by atoms with Gasteiger partial charge in [0.25, 0.3) is 0 Å². The summed E-state index contributed by atoms with van der Waals surface area (Å²) in [4.78, 5) is 0.304. The summed E-state index contributed by atoms with van der Waals surface area (Å²) < 4.78 is 75.3. The minimum absolute atomic E-state index is 0. The van der Waals surface area contributed by atoms with Crippen molar-refractivity contribution in [3.63, 3.8) is 0 Å². The highest BCUT2D eigenvalue weighted by Crippen LogP contribution is 2.47. The van der Waals surface area contributed by atoms with E-state index in [4.69, 9.17) is 4.74 Å². The fraction of sp³-hybridized carbons (Fsp3) is 0.357. The van der Waals surface area contributed by atoms with Gasteiger partial charge in [0, 0.05) is 24.2 Å². The van der Waals surface area contributed by atoms with Gasteiger partial charge in [0.05, 0.1) is 22.8 Å². The minimum atomic E-state index is -4.80. The third-order valence-corrected chi connectivity index (χ3v) is 9.78. The maximum Gasteiger partial charge on any atom is 0.573 e. The summed E-state index contributed by atoms with van der Waals surface area (Å²) in [6, 6.07) is 21.8. The molecular formula is C28H31Cl2F3N2O4S. The number of methoxy groups -OCH3 is 1. The van der Waals surface area contributed by atoms with Crippen molar-refractivity contribution in [1.29, 1.82) is 0 Å². The average Bonchev–Trinajstić information content (AvgIpc) is 3.23. The first-order valence-electron chi connectivity index (χ1n) is 12.4. The van der Waals surface area contributed by atoms with Crippen LogP contribution in [0.4, 0.5) is 13.2 Å². The smallest absolute Gasteiger partial charge is 0.496 e. The summed E-state index contributed by atoms with van der Waals surface area (Å²) in [5.74, 6) is 0.1000. The number of ether oxygens (including phenoxy) is 2. The van der Waals surface area contributed by atoms with Crippen LogP contribution in [0, 0.1) is 0 Å². The molecule has 2 aliphatic rings. The summed E-state index contributed by atoms with van der Waals surface area (Å²) in [5, 5.41) is 6.55. The molecule has 40 heavy (non-hydrogen) atoms. The molecule has 4 unspecified atom stereocenters. The third kappa shape index (κ3) is 6.36. The average molecular weight is 620 g/mol. The molecule has 0 saturated carbocycles. The molecule has 2 aliphatic heterocycles. The van der Waals surface area contributed by atoms with Crippen LogP contribution in [0.3, 0.4) is 0 Å². The SMILES string of the molecule is COc1ccc(OC(F)(F)F)cc1CNC1CCC2NC1(c1ccccc1)CC2S(=O)(=O)c1ccccc1.Cl.Cl. The monoisotopic (exact) mass is 618 g/mol. The Morgan fingerprint density at radius 2 is 1.62 bits per heavy atom. The van der Waals surface area contributed by atoms with Gasteiger partial charge in [-0.15, -0.1) is 38.0 Å². The molecule has 2 N–H and O–H groups in total. The van der Waals surface area contributed by atoms with Crippen molar-refractivity contribution in [2.24, 2.45) is 0 Å². The number of nitrogens with one attached hydrogen (secondary N) is 2. The number of hydrogen-bond acceptors (Lipinski definition) is 6. The second kappa shape index (κ2) is 12.6. The van der Waals surface area contributed by atoms with Crippen LogP contribution >= 0.6 is 24.8 Å². The predicted octanol–water partition coefficient (Wildman–Crippen LogP) is 5.79. The van der Waals surface area contributed by atoms with Crippen LogP contribution in [0.2, 0.25) is 0 Å². The van der Waals surface area contributed by atoms with Crippen molar-refractivity contribution >= 4 is 34.7 Å². The van der Waals surface area contributed by atoms with Crippen LogP contribution in [0.15, 0.2) is 83.8 Å². The molecule has 12 heteroatoms. The zero-order chi connectivity index (χ0) is 27.0. The molecule has 218 valence electrons. The molecule has 0 aromatic heterocycles. The van der Waals surface area contributed by atoms with E-state index in [1.807, 2.05) is 30.3 Å². The maximum atomic E-state index is 13.7. The first-order valence-corrected chi connectivity index (χ1v) is 14.0. The van der Waals surface area contributed by atoms with E-state index in [1.165, 1.54) is 25.3 Å². The third-order valence-electron chi connectivity index (χ3n) is 7.56. The van der Waals surface area contributed by atoms with Crippen molar-refractivity contribution in [2.75, 3.05) is 7.11 Å². The normalized spacial score (nSPS) is 23.9. The van der Waals surface area contributed by atoms with Gasteiger partial charge < -0.3 is 20.1 Å². The standard InChI is InChI=1S/C28H29F3N2O4S.2ClH/c1-36-24-14-12-21(37-28(29,30)31)16-19(24)18-32-26-15-13-23-25(38(34,35)22-10-6-3-7-11-22)17-27(26,33-23)20-8-4-2-5-9-20;;/h2-12,14,16,23,25-26,32-33H,13,15,17-18H2,1H3;2*1H. The lowest BCUT2D eigenvalue weighted by Gasteiger charge is -2.43. The number of fused-ring (bicyclic) bond motifs is 2. The zero-order valence-electron chi connectivity index (χ0n) is 21.6. The van der Waals surface area contributed by atoms with Gasteiger partial charge in [-0.25, -0.2) is 8.42 Å². The highest BCUT2D eigenvalue weighted by atomic mass is 35.5. The lowest BCUT2D eigenvalue weighted by molar-refractivity contribution is -0.274. The molecular weight excluding hydrogens is 588 g/mol. The van der Waals surface area contributed by atoms with Crippen LogP contribution in [-0.4, -0.2) is 39.2 Å². The van der Waals surface area contributed by atoms with Gasteiger partial charge in [0.15, 0.2) is 9.84 Å². The van der Waals surface area contributed by atoms with Crippen LogP contribution in [-0.2, 0) is 21.9 Å². The van der Waals surface area contributed by atoms with Crippen molar-refractivity contribution in [1.82, 2.24) is 10.6 Å². The van der Waals surface area contributed by atoms with E-state index in [0.29, 0.717) is 35.5 Å². The Kier molecular flexibility index (Phi) is 10.1. The zero-order valence-corrected chi connectivity index (χ0v) is 24.0. The number of rotatable bonds is 8. The lowest BCUT2D eigenvalue weighted by Crippen LogP contribution is -2.58. The molecule has 2 fully saturated rings. The molecule has 2 bridgehead atoms. The van der Waals surface area contributed by atoms with Crippen molar-refractivity contribution < 1.29 is 31.1 Å². The second-order valence-electron chi connectivity index (χ2n) is 9.72. The summed E-state index contributed by atoms with van der Waals surface area (Å²) in [7, 11) is -2.14. The minimum Gasteiger partial charge on any atom is -0.496 e. The largest absolute Gasteiger partial charge is 0.573 e. The Bertz CT molecular complexity index is 1380. The van der Waals surface area contributed by atoms with E-state index in [9.17, 15) is 21.6 Å². The highest BCUT2D eigenvalue weighted by molar-refractivity contribution is 7.92. The van der Waals surface area contributed by atoms with E-state index in [2.05, 4.69) is 15.4 Å². The quantitative estimate of drug-likeness (QED) is 0.333. The van der Waals surface area contributed by atoms with E-state index >= 15 is 0 Å². The number of piperidine rings is 1. The molecule has 2 saturated heterocycles. The van der Waals surface area contributed by atoms with Gasteiger partial charge in [-0.05, 0) is 55.2 Å². The van der Waals surface area contributed by atoms with Crippen LogP contribution < -0.4 is 20.1 Å². The Balaban J connectivity index is 0.00000220. The number of hydrogen-bond donors (Lipinski definition) is 2. The number of alkyl halides is 3. The molecule has 0 spiro atoms. The Morgan fingerprint density at radius 3 is 2.25 bits per heavy atom. The second-order valence-corrected chi connectivity index (χ2v) is 11.9. The first-order chi connectivity index (χ1) is 18.1. The van der Waals surface area contributed by atoms with Gasteiger partial charge in [-0.1, -0.05) is 48.5 Å². The Labute approximate surface area is 244 Å². The van der Waals surface area contributed by atoms with E-state index in [0.717, 1.165) is 5.56 Å². The maximum absolute atomic E-state index is 13.7. The summed E-state index contributed by atoms with van der Waals surface area (Å²) in [5.41, 5.74) is 0.796. The summed E-state index contributed by atoms with van der Waals surface area (Å²) >= 11 is 0. The molecule has 0 aliphatic carbocycles. The highest BCUT2D eigenvalue weighted by Gasteiger charge is 2.57. The van der Waals surface area contributed by atoms with Crippen LogP contribution in [0.1, 0.15) is 30.4 Å². The topological polar surface area (TPSA) is 76.7 Å². The van der Waals surface area contributed by atoms with Crippen molar-refractivity contribution in [3.05, 3.63) is 90.0 Å². The molecule has 0 amide bonds. The fourth-order valence-corrected chi connectivity index (χ4v) is 7.89. The molecule has 6 nitrogen and oxygen atoms in total. The van der Waals surface area contributed by atoms with E-state index in [1.54, 1.807) is 30.3 Å². The number of benzene rings is 3. The van der Waals surface area contributed by atoms with E-state index in [-0.39, 0.29) is 49.2 Å². The van der Waals surface area contributed by atoms with Gasteiger partial charge >= 0.3 is 6.36 Å². The van der Waals surface area contributed by atoms with Crippen molar-refractivity contribution in [3.8, 4) is 11.5 Å². The molecule has 2 heterocycles.